The molecule has 2 amide bonds. The number of aromatic nitrogens is 1. The lowest BCUT2D eigenvalue weighted by molar-refractivity contribution is -0.136. The molecule has 1 aromatic carbocycles. The molecule has 7 nitrogen and oxygen atoms in total. The number of hydrogen-bond acceptors (Lipinski definition) is 6. The predicted molar refractivity (Wildman–Crippen MR) is 124 cm³/mol. The fourth-order valence-corrected chi connectivity index (χ4v) is 4.56. The molecule has 0 bridgehead atoms. The fraction of sp³-hybridized carbons (Fsp3) is 0.450. The molecule has 3 rings (SSSR count). The largest absolute Gasteiger partial charge is 0.396 e. The summed E-state index contributed by atoms with van der Waals surface area (Å²) in [7, 11) is 0. The number of anilines is 1. The number of halogens is 4. The zero-order valence-corrected chi connectivity index (χ0v) is 19.8. The van der Waals surface area contributed by atoms with Crippen LogP contribution >= 0.6 is 36.2 Å². The van der Waals surface area contributed by atoms with Crippen LogP contribution in [0, 0.1) is 18.6 Å². The van der Waals surface area contributed by atoms with E-state index in [0.29, 0.717) is 11.4 Å². The van der Waals surface area contributed by atoms with E-state index in [0.717, 1.165) is 48.5 Å². The number of carbonyl (C=O) groups is 2. The monoisotopic (exact) mass is 510 g/mol. The predicted octanol–water partition coefficient (Wildman–Crippen LogP) is 3.05. The van der Waals surface area contributed by atoms with Gasteiger partial charge in [-0.15, -0.1) is 36.2 Å². The Hall–Kier alpha value is -1.85. The molecule has 4 N–H and O–H groups in total. The maximum absolute atomic E-state index is 13.3. The summed E-state index contributed by atoms with van der Waals surface area (Å²) in [5.41, 5.74) is 0.766. The molecule has 2 unspecified atom stereocenters. The first-order valence-electron chi connectivity index (χ1n) is 9.76. The smallest absolute Gasteiger partial charge is 0.313 e. The standard InChI is InChI=1S/C20H24F2N4O3S.2ClH/c1-11-16(7-9-27)30-20(24-11)17(15-4-2-3-8-23-15)26-19(29)18(28)25-12-5-6-13(21)14(22)10-12;;/h5-6,10,15,17,23,27H,2-4,7-9H2,1H3,(H,25,28)(H,26,29);2*1H. The summed E-state index contributed by atoms with van der Waals surface area (Å²) in [4.78, 5) is 30.4. The lowest BCUT2D eigenvalue weighted by Crippen LogP contribution is -2.48. The molecule has 1 aromatic heterocycles. The lowest BCUT2D eigenvalue weighted by atomic mass is 9.98. The van der Waals surface area contributed by atoms with Crippen molar-refractivity contribution in [2.75, 3.05) is 18.5 Å². The van der Waals surface area contributed by atoms with E-state index in [1.807, 2.05) is 6.92 Å². The van der Waals surface area contributed by atoms with E-state index >= 15 is 0 Å². The van der Waals surface area contributed by atoms with Crippen molar-refractivity contribution in [3.05, 3.63) is 45.4 Å². The van der Waals surface area contributed by atoms with Crippen molar-refractivity contribution in [2.24, 2.45) is 0 Å². The second-order valence-electron chi connectivity index (χ2n) is 7.12. The van der Waals surface area contributed by atoms with Crippen molar-refractivity contribution in [2.45, 2.75) is 44.7 Å². The van der Waals surface area contributed by atoms with E-state index in [9.17, 15) is 23.5 Å². The Kier molecular flexibility index (Phi) is 11.5. The number of piperidine rings is 1. The van der Waals surface area contributed by atoms with Crippen molar-refractivity contribution >= 4 is 53.7 Å². The highest BCUT2D eigenvalue weighted by atomic mass is 35.5. The molecule has 32 heavy (non-hydrogen) atoms. The molecule has 2 aromatic rings. The lowest BCUT2D eigenvalue weighted by Gasteiger charge is -2.30. The summed E-state index contributed by atoms with van der Waals surface area (Å²) in [6.45, 7) is 2.64. The third kappa shape index (κ3) is 7.08. The van der Waals surface area contributed by atoms with Gasteiger partial charge in [0, 0.05) is 35.7 Å². The van der Waals surface area contributed by atoms with Gasteiger partial charge in [-0.05, 0) is 38.4 Å². The summed E-state index contributed by atoms with van der Waals surface area (Å²) < 4.78 is 26.4. The molecule has 1 aliphatic heterocycles. The SMILES string of the molecule is Cc1nc(C(NC(=O)C(=O)Nc2ccc(F)c(F)c2)C2CCCCN2)sc1CCO.Cl.Cl. The van der Waals surface area contributed by atoms with Crippen LogP contribution in [0.25, 0.3) is 0 Å². The Labute approximate surface area is 201 Å². The van der Waals surface area contributed by atoms with Gasteiger partial charge in [-0.2, -0.15) is 0 Å². The van der Waals surface area contributed by atoms with Gasteiger partial charge in [0.2, 0.25) is 0 Å². The summed E-state index contributed by atoms with van der Waals surface area (Å²) in [6.07, 6.45) is 3.29. The van der Waals surface area contributed by atoms with Gasteiger partial charge in [-0.3, -0.25) is 9.59 Å². The van der Waals surface area contributed by atoms with Gasteiger partial charge in [0.15, 0.2) is 11.6 Å². The number of benzene rings is 1. The van der Waals surface area contributed by atoms with E-state index < -0.39 is 29.5 Å². The number of thiazole rings is 1. The molecule has 1 saturated heterocycles. The first-order chi connectivity index (χ1) is 14.4. The summed E-state index contributed by atoms with van der Waals surface area (Å²) in [6, 6.07) is 2.25. The normalized spacial score (nSPS) is 16.3. The van der Waals surface area contributed by atoms with Crippen molar-refractivity contribution < 1.29 is 23.5 Å². The molecular weight excluding hydrogens is 485 g/mol. The highest BCUT2D eigenvalue weighted by Crippen LogP contribution is 2.29. The average molecular weight is 511 g/mol. The van der Waals surface area contributed by atoms with Gasteiger partial charge in [0.1, 0.15) is 5.01 Å². The maximum atomic E-state index is 13.3. The van der Waals surface area contributed by atoms with Crippen LogP contribution in [0.4, 0.5) is 14.5 Å². The molecular formula is C20H26Cl2F2N4O3S. The van der Waals surface area contributed by atoms with E-state index in [1.54, 1.807) is 0 Å². The van der Waals surface area contributed by atoms with Crippen LogP contribution in [0.3, 0.4) is 0 Å². The van der Waals surface area contributed by atoms with Crippen molar-refractivity contribution in [1.82, 2.24) is 15.6 Å². The number of aliphatic hydroxyl groups excluding tert-OH is 1. The van der Waals surface area contributed by atoms with Gasteiger partial charge in [-0.1, -0.05) is 6.42 Å². The van der Waals surface area contributed by atoms with Crippen molar-refractivity contribution in [1.29, 1.82) is 0 Å². The quantitative estimate of drug-likeness (QED) is 0.447. The van der Waals surface area contributed by atoms with Gasteiger partial charge < -0.3 is 21.1 Å². The minimum atomic E-state index is -1.12. The molecule has 1 fully saturated rings. The minimum Gasteiger partial charge on any atom is -0.396 e. The number of nitrogens with one attached hydrogen (secondary N) is 3. The van der Waals surface area contributed by atoms with Crippen LogP contribution in [-0.2, 0) is 16.0 Å². The fourth-order valence-electron chi connectivity index (χ4n) is 3.38. The van der Waals surface area contributed by atoms with Gasteiger partial charge in [0.05, 0.1) is 11.7 Å². The molecule has 0 spiro atoms. The Balaban J connectivity index is 0.00000256. The Morgan fingerprint density at radius 2 is 2.00 bits per heavy atom. The van der Waals surface area contributed by atoms with E-state index in [1.165, 1.54) is 17.4 Å². The number of nitrogens with zero attached hydrogens (tertiary/aromatic N) is 1. The number of aryl methyl sites for hydroxylation is 1. The molecule has 0 aliphatic carbocycles. The molecule has 0 radical (unpaired) electrons. The zero-order chi connectivity index (χ0) is 21.7. The topological polar surface area (TPSA) is 103 Å². The molecule has 2 heterocycles. The molecule has 0 saturated carbocycles. The van der Waals surface area contributed by atoms with Gasteiger partial charge in [0.25, 0.3) is 0 Å². The number of rotatable bonds is 6. The van der Waals surface area contributed by atoms with Crippen LogP contribution in [-0.4, -0.2) is 41.1 Å². The molecule has 12 heteroatoms. The highest BCUT2D eigenvalue weighted by Gasteiger charge is 2.31. The second-order valence-corrected chi connectivity index (χ2v) is 8.24. The Morgan fingerprint density at radius 1 is 1.25 bits per heavy atom. The average Bonchev–Trinajstić information content (AvgIpc) is 3.09. The third-order valence-electron chi connectivity index (χ3n) is 4.94. The van der Waals surface area contributed by atoms with Crippen LogP contribution in [0.5, 0.6) is 0 Å². The van der Waals surface area contributed by atoms with Gasteiger partial charge in [-0.25, -0.2) is 13.8 Å². The second kappa shape index (κ2) is 13.0. The third-order valence-corrected chi connectivity index (χ3v) is 6.24. The minimum absolute atomic E-state index is 0. The van der Waals surface area contributed by atoms with Crippen molar-refractivity contribution in [3.8, 4) is 0 Å². The Morgan fingerprint density at radius 3 is 2.62 bits per heavy atom. The summed E-state index contributed by atoms with van der Waals surface area (Å²) in [5.74, 6) is -4.04. The maximum Gasteiger partial charge on any atom is 0.313 e. The van der Waals surface area contributed by atoms with E-state index in [-0.39, 0.29) is 43.2 Å². The first-order valence-corrected chi connectivity index (χ1v) is 10.6. The van der Waals surface area contributed by atoms with Crippen molar-refractivity contribution in [3.63, 3.8) is 0 Å². The number of hydrogen-bond donors (Lipinski definition) is 4. The number of aliphatic hydroxyl groups is 1. The van der Waals surface area contributed by atoms with Crippen LogP contribution in [0.15, 0.2) is 18.2 Å². The molecule has 2 atom stereocenters. The number of amides is 2. The number of carbonyl (C=O) groups excluding carboxylic acids is 2. The molecule has 178 valence electrons. The van der Waals surface area contributed by atoms with Gasteiger partial charge >= 0.3 is 11.8 Å². The van der Waals surface area contributed by atoms with E-state index in [4.69, 9.17) is 0 Å². The summed E-state index contributed by atoms with van der Waals surface area (Å²) >= 11 is 1.40. The Bertz CT molecular complexity index is 926. The summed E-state index contributed by atoms with van der Waals surface area (Å²) in [5, 5.41) is 18.3. The van der Waals surface area contributed by atoms with Crippen LogP contribution in [0.1, 0.15) is 40.9 Å². The molecule has 1 aliphatic rings. The highest BCUT2D eigenvalue weighted by molar-refractivity contribution is 7.11. The zero-order valence-electron chi connectivity index (χ0n) is 17.3. The first kappa shape index (κ1) is 28.2. The van der Waals surface area contributed by atoms with E-state index in [2.05, 4.69) is 20.9 Å². The van der Waals surface area contributed by atoms with Crippen LogP contribution < -0.4 is 16.0 Å². The van der Waals surface area contributed by atoms with Crippen LogP contribution in [0.2, 0.25) is 0 Å².